The van der Waals surface area contributed by atoms with Crippen LogP contribution in [0.5, 0.6) is 0 Å². The quantitative estimate of drug-likeness (QED) is 0.132. The second-order valence-corrected chi connectivity index (χ2v) is 16.0. The minimum atomic E-state index is 0.858. The Morgan fingerprint density at radius 3 is 1.18 bits per heavy atom. The molecule has 0 aliphatic rings. The third kappa shape index (κ3) is 5.52. The maximum Gasteiger partial charge on any atom is 0.127 e. The molecule has 3 aromatic heterocycles. The molecule has 0 spiro atoms. The fraction of sp³-hybridized carbons (Fsp3) is 0.0351. The van der Waals surface area contributed by atoms with Crippen molar-refractivity contribution in [3.05, 3.63) is 212 Å². The molecular formula is C57H41N5. The van der Waals surface area contributed by atoms with Crippen LogP contribution in [0, 0.1) is 0 Å². The fourth-order valence-corrected chi connectivity index (χ4v) is 9.82. The number of para-hydroxylation sites is 4. The number of hydrogen-bond acceptors (Lipinski definition) is 1. The largest absolute Gasteiger partial charge is 0.373 e. The summed E-state index contributed by atoms with van der Waals surface area (Å²) in [5.74, 6) is 0.858. The highest BCUT2D eigenvalue weighted by Crippen LogP contribution is 2.41. The highest BCUT2D eigenvalue weighted by Gasteiger charge is 2.19. The summed E-state index contributed by atoms with van der Waals surface area (Å²) in [5.41, 5.74) is 16.3. The van der Waals surface area contributed by atoms with Gasteiger partial charge in [0.1, 0.15) is 5.84 Å². The standard InChI is InChI=1S/C57H41N5/c1-58-57(59-2)37-21-27-44(28-22-37)62-55-35-40(38-25-31-53-49(33-38)45-17-9-11-19-51(45)60(53)42-13-5-3-6-14-42)23-29-47(55)48-30-24-41(36-56(48)62)39-26-32-54-50(34-39)46-18-10-12-20-52(46)61(54)43-15-7-4-8-16-43/h3-36H,1-2H3,(H,58,59). The van der Waals surface area contributed by atoms with Gasteiger partial charge < -0.3 is 19.0 Å². The van der Waals surface area contributed by atoms with Crippen LogP contribution < -0.4 is 5.32 Å². The van der Waals surface area contributed by atoms with Crippen molar-refractivity contribution >= 4 is 71.3 Å². The molecule has 12 aromatic rings. The summed E-state index contributed by atoms with van der Waals surface area (Å²) in [5, 5.41) is 10.6. The Morgan fingerprint density at radius 2 is 0.710 bits per heavy atom. The third-order valence-corrected chi connectivity index (χ3v) is 12.7. The van der Waals surface area contributed by atoms with Crippen LogP contribution in [0.3, 0.4) is 0 Å². The SMILES string of the molecule is CN=C(NC)c1ccc(-n2c3cc(-c4ccc5c(c4)c4ccccc4n5-c4ccccc4)ccc3c3ccc(-c4ccc5c(c4)c4ccccc4n5-c4ccccc4)cc32)cc1. The molecule has 0 saturated carbocycles. The van der Waals surface area contributed by atoms with Crippen LogP contribution in [0.1, 0.15) is 5.56 Å². The summed E-state index contributed by atoms with van der Waals surface area (Å²) >= 11 is 0. The van der Waals surface area contributed by atoms with Crippen LogP contribution in [0.2, 0.25) is 0 Å². The van der Waals surface area contributed by atoms with Gasteiger partial charge in [0.2, 0.25) is 0 Å². The van der Waals surface area contributed by atoms with E-state index in [1.165, 1.54) is 76.6 Å². The van der Waals surface area contributed by atoms with Crippen LogP contribution in [0.4, 0.5) is 0 Å². The molecule has 294 valence electrons. The van der Waals surface area contributed by atoms with Crippen molar-refractivity contribution in [2.45, 2.75) is 0 Å². The van der Waals surface area contributed by atoms with Gasteiger partial charge in [-0.3, -0.25) is 4.99 Å². The molecule has 0 radical (unpaired) electrons. The van der Waals surface area contributed by atoms with Gasteiger partial charge in [-0.05, 0) is 119 Å². The van der Waals surface area contributed by atoms with Gasteiger partial charge >= 0.3 is 0 Å². The Hall–Kier alpha value is -8.15. The topological polar surface area (TPSA) is 39.2 Å². The van der Waals surface area contributed by atoms with E-state index in [0.29, 0.717) is 0 Å². The van der Waals surface area contributed by atoms with Crippen LogP contribution in [0.25, 0.3) is 105 Å². The first-order valence-electron chi connectivity index (χ1n) is 21.2. The zero-order valence-electron chi connectivity index (χ0n) is 34.4. The summed E-state index contributed by atoms with van der Waals surface area (Å²) in [6.45, 7) is 0. The Labute approximate surface area is 359 Å². The lowest BCUT2D eigenvalue weighted by molar-refractivity contribution is 1.14. The number of benzene rings is 9. The van der Waals surface area contributed by atoms with E-state index >= 15 is 0 Å². The number of hydrogen-bond donors (Lipinski definition) is 1. The van der Waals surface area contributed by atoms with Crippen LogP contribution >= 0.6 is 0 Å². The van der Waals surface area contributed by atoms with Crippen LogP contribution in [-0.4, -0.2) is 33.6 Å². The molecule has 0 unspecified atom stereocenters. The first-order chi connectivity index (χ1) is 30.7. The first kappa shape index (κ1) is 35.8. The molecule has 0 amide bonds. The zero-order chi connectivity index (χ0) is 41.3. The van der Waals surface area contributed by atoms with E-state index in [4.69, 9.17) is 0 Å². The average Bonchev–Trinajstić information content (AvgIpc) is 3.97. The minimum absolute atomic E-state index is 0.858. The molecule has 0 fully saturated rings. The predicted molar refractivity (Wildman–Crippen MR) is 262 cm³/mol. The number of nitrogens with one attached hydrogen (secondary N) is 1. The second-order valence-electron chi connectivity index (χ2n) is 16.0. The summed E-state index contributed by atoms with van der Waals surface area (Å²) in [7, 11) is 3.74. The van der Waals surface area contributed by atoms with E-state index in [-0.39, 0.29) is 0 Å². The number of aliphatic imine (C=N–C) groups is 1. The van der Waals surface area contributed by atoms with Crippen molar-refractivity contribution in [2.24, 2.45) is 4.99 Å². The first-order valence-corrected chi connectivity index (χ1v) is 21.2. The fourth-order valence-electron chi connectivity index (χ4n) is 9.82. The van der Waals surface area contributed by atoms with Crippen molar-refractivity contribution in [3.8, 4) is 39.3 Å². The molecule has 0 aliphatic heterocycles. The molecule has 0 atom stereocenters. The zero-order valence-corrected chi connectivity index (χ0v) is 34.4. The third-order valence-electron chi connectivity index (χ3n) is 12.7. The number of aromatic nitrogens is 3. The van der Waals surface area contributed by atoms with E-state index < -0.39 is 0 Å². The van der Waals surface area contributed by atoms with E-state index in [0.717, 1.165) is 39.5 Å². The average molecular weight is 796 g/mol. The smallest absolute Gasteiger partial charge is 0.127 e. The minimum Gasteiger partial charge on any atom is -0.373 e. The Kier molecular flexibility index (Phi) is 8.22. The molecule has 0 aliphatic carbocycles. The highest BCUT2D eigenvalue weighted by molar-refractivity contribution is 6.14. The molecule has 0 saturated heterocycles. The van der Waals surface area contributed by atoms with Crippen molar-refractivity contribution < 1.29 is 0 Å². The Bertz CT molecular complexity index is 3500. The molecule has 3 heterocycles. The molecule has 5 nitrogen and oxygen atoms in total. The van der Waals surface area contributed by atoms with E-state index in [9.17, 15) is 0 Å². The number of amidine groups is 1. The Balaban J connectivity index is 1.05. The molecule has 0 bridgehead atoms. The Morgan fingerprint density at radius 1 is 0.339 bits per heavy atom. The van der Waals surface area contributed by atoms with Gasteiger partial charge in [-0.2, -0.15) is 0 Å². The van der Waals surface area contributed by atoms with E-state index in [2.05, 4.69) is 230 Å². The normalized spacial score (nSPS) is 12.1. The van der Waals surface area contributed by atoms with Crippen molar-refractivity contribution in [3.63, 3.8) is 0 Å². The van der Waals surface area contributed by atoms with E-state index in [1.54, 1.807) is 0 Å². The molecule has 62 heavy (non-hydrogen) atoms. The molecule has 5 heteroatoms. The monoisotopic (exact) mass is 795 g/mol. The predicted octanol–water partition coefficient (Wildman–Crippen LogP) is 13.9. The summed E-state index contributed by atoms with van der Waals surface area (Å²) < 4.78 is 7.18. The second kappa shape index (κ2) is 14.3. The van der Waals surface area contributed by atoms with Gasteiger partial charge in [0.05, 0.1) is 33.1 Å². The molecule has 9 aromatic carbocycles. The summed E-state index contributed by atoms with van der Waals surface area (Å²) in [6.07, 6.45) is 0. The van der Waals surface area contributed by atoms with E-state index in [1.807, 2.05) is 14.1 Å². The lowest BCUT2D eigenvalue weighted by atomic mass is 10.00. The molecule has 1 N–H and O–H groups in total. The van der Waals surface area contributed by atoms with Gasteiger partial charge in [-0.15, -0.1) is 0 Å². The maximum absolute atomic E-state index is 4.47. The van der Waals surface area contributed by atoms with Gasteiger partial charge in [0.15, 0.2) is 0 Å². The van der Waals surface area contributed by atoms with Crippen molar-refractivity contribution in [1.82, 2.24) is 19.0 Å². The summed E-state index contributed by atoms with van der Waals surface area (Å²) in [6, 6.07) is 75.3. The summed E-state index contributed by atoms with van der Waals surface area (Å²) in [4.78, 5) is 4.47. The molecule has 12 rings (SSSR count). The maximum atomic E-state index is 4.47. The highest BCUT2D eigenvalue weighted by atomic mass is 15.0. The van der Waals surface area contributed by atoms with Gasteiger partial charge in [-0.25, -0.2) is 0 Å². The lowest BCUT2D eigenvalue weighted by Crippen LogP contribution is -2.19. The number of rotatable bonds is 6. The number of nitrogens with zero attached hydrogens (tertiary/aromatic N) is 4. The number of fused-ring (bicyclic) bond motifs is 9. The van der Waals surface area contributed by atoms with Gasteiger partial charge in [0, 0.05) is 69.0 Å². The van der Waals surface area contributed by atoms with Crippen molar-refractivity contribution in [2.75, 3.05) is 14.1 Å². The van der Waals surface area contributed by atoms with Crippen LogP contribution in [-0.2, 0) is 0 Å². The van der Waals surface area contributed by atoms with Crippen LogP contribution in [0.15, 0.2) is 211 Å². The van der Waals surface area contributed by atoms with Crippen molar-refractivity contribution in [1.29, 1.82) is 0 Å². The lowest BCUT2D eigenvalue weighted by Gasteiger charge is -2.12. The van der Waals surface area contributed by atoms with Gasteiger partial charge in [-0.1, -0.05) is 109 Å². The van der Waals surface area contributed by atoms with Gasteiger partial charge in [0.25, 0.3) is 0 Å². The molecular weight excluding hydrogens is 755 g/mol.